The van der Waals surface area contributed by atoms with Crippen molar-refractivity contribution >= 4 is 75.3 Å². The van der Waals surface area contributed by atoms with Crippen LogP contribution in [0.25, 0.3) is 22.4 Å². The van der Waals surface area contributed by atoms with Crippen LogP contribution in [0.3, 0.4) is 0 Å². The smallest absolute Gasteiger partial charge is 0.0798 e. The molecule has 0 saturated carbocycles. The van der Waals surface area contributed by atoms with Crippen molar-refractivity contribution in [3.05, 3.63) is 66.7 Å². The van der Waals surface area contributed by atoms with Gasteiger partial charge < -0.3 is 5.73 Å². The van der Waals surface area contributed by atoms with Gasteiger partial charge in [-0.15, -0.1) is 0 Å². The highest BCUT2D eigenvalue weighted by molar-refractivity contribution is 6.45. The van der Waals surface area contributed by atoms with Gasteiger partial charge >= 0.3 is 0 Å². The second kappa shape index (κ2) is 7.40. The topological polar surface area (TPSA) is 38.9 Å². The van der Waals surface area contributed by atoms with Gasteiger partial charge in [0, 0.05) is 16.7 Å². The lowest BCUT2D eigenvalue weighted by molar-refractivity contribution is 1.33. The fraction of sp³-hybridized carbons (Fsp3) is 0. The molecular formula is C17H8Cl6N2. The molecule has 0 radical (unpaired) electrons. The fourth-order valence-corrected chi connectivity index (χ4v) is 3.62. The molecule has 0 atom stereocenters. The summed E-state index contributed by atoms with van der Waals surface area (Å²) in [6.45, 7) is 0. The third kappa shape index (κ3) is 3.80. The molecule has 0 amide bonds. The molecule has 3 rings (SSSR count). The van der Waals surface area contributed by atoms with Gasteiger partial charge in [0.2, 0.25) is 0 Å². The lowest BCUT2D eigenvalue weighted by Crippen LogP contribution is -1.95. The predicted molar refractivity (Wildman–Crippen MR) is 110 cm³/mol. The van der Waals surface area contributed by atoms with E-state index in [-0.39, 0.29) is 0 Å². The summed E-state index contributed by atoms with van der Waals surface area (Å²) in [5.74, 6) is 0. The van der Waals surface area contributed by atoms with Crippen LogP contribution in [-0.4, -0.2) is 4.98 Å². The highest BCUT2D eigenvalue weighted by atomic mass is 35.5. The molecular weight excluding hydrogens is 445 g/mol. The van der Waals surface area contributed by atoms with Crippen LogP contribution in [0.2, 0.25) is 30.1 Å². The van der Waals surface area contributed by atoms with Gasteiger partial charge in [-0.1, -0.05) is 69.6 Å². The number of anilines is 1. The van der Waals surface area contributed by atoms with Crippen molar-refractivity contribution in [1.82, 2.24) is 4.98 Å². The van der Waals surface area contributed by atoms with Crippen LogP contribution in [-0.2, 0) is 0 Å². The van der Waals surface area contributed by atoms with Crippen LogP contribution < -0.4 is 5.73 Å². The lowest BCUT2D eigenvalue weighted by atomic mass is 9.98. The molecule has 2 nitrogen and oxygen atoms in total. The minimum absolute atomic E-state index is 0.347. The molecule has 25 heavy (non-hydrogen) atoms. The van der Waals surface area contributed by atoms with Crippen LogP contribution in [0, 0.1) is 0 Å². The van der Waals surface area contributed by atoms with Crippen LogP contribution >= 0.6 is 69.6 Å². The Labute approximate surface area is 174 Å². The number of aromatic nitrogens is 1. The summed E-state index contributed by atoms with van der Waals surface area (Å²) in [6, 6.07) is 8.13. The van der Waals surface area contributed by atoms with Gasteiger partial charge in [0.05, 0.1) is 47.7 Å². The first-order valence-electron chi connectivity index (χ1n) is 6.83. The molecule has 3 aromatic rings. The van der Waals surface area contributed by atoms with Gasteiger partial charge in [0.15, 0.2) is 0 Å². The summed E-state index contributed by atoms with van der Waals surface area (Å²) in [5, 5.41) is 2.20. The zero-order valence-electron chi connectivity index (χ0n) is 12.3. The van der Waals surface area contributed by atoms with E-state index in [4.69, 9.17) is 75.3 Å². The maximum Gasteiger partial charge on any atom is 0.0798 e. The summed E-state index contributed by atoms with van der Waals surface area (Å²) in [5.41, 5.74) is 8.76. The standard InChI is InChI=1S/C17H8Cl6N2/c18-11-4-15(22)13(20)2-8(11)9-1-7(24)6-25-17(9)10-3-14(21)16(23)5-12(10)19/h1-6H,24H2. The second-order valence-corrected chi connectivity index (χ2v) is 7.60. The Morgan fingerprint density at radius 3 is 1.64 bits per heavy atom. The molecule has 2 aromatic carbocycles. The number of nitrogens with two attached hydrogens (primary N) is 1. The first kappa shape index (κ1) is 18.9. The number of nitrogen functional groups attached to an aromatic ring is 1. The molecule has 0 spiro atoms. The fourth-order valence-electron chi connectivity index (χ4n) is 2.33. The summed E-state index contributed by atoms with van der Waals surface area (Å²) in [4.78, 5) is 4.40. The molecule has 1 aromatic heterocycles. The van der Waals surface area contributed by atoms with Crippen molar-refractivity contribution in [3.63, 3.8) is 0 Å². The van der Waals surface area contributed by atoms with Gasteiger partial charge in [-0.25, -0.2) is 0 Å². The Balaban J connectivity index is 2.32. The number of hydrogen-bond donors (Lipinski definition) is 1. The number of pyridine rings is 1. The number of halogens is 6. The van der Waals surface area contributed by atoms with Gasteiger partial charge in [-0.3, -0.25) is 4.98 Å². The van der Waals surface area contributed by atoms with Gasteiger partial charge in [0.25, 0.3) is 0 Å². The Morgan fingerprint density at radius 1 is 0.560 bits per heavy atom. The summed E-state index contributed by atoms with van der Waals surface area (Å²) >= 11 is 37.0. The minimum Gasteiger partial charge on any atom is -0.397 e. The number of rotatable bonds is 2. The molecule has 128 valence electrons. The molecule has 0 saturated heterocycles. The average Bonchev–Trinajstić information content (AvgIpc) is 2.54. The van der Waals surface area contributed by atoms with E-state index in [0.717, 1.165) is 0 Å². The Bertz CT molecular complexity index is 987. The largest absolute Gasteiger partial charge is 0.397 e. The quantitative estimate of drug-likeness (QED) is 0.401. The molecule has 0 bridgehead atoms. The van der Waals surface area contributed by atoms with E-state index < -0.39 is 0 Å². The molecule has 0 aliphatic carbocycles. The number of benzene rings is 2. The van der Waals surface area contributed by atoms with E-state index in [0.29, 0.717) is 58.2 Å². The molecule has 8 heteroatoms. The van der Waals surface area contributed by atoms with E-state index >= 15 is 0 Å². The zero-order chi connectivity index (χ0) is 18.3. The Hall–Kier alpha value is -0.870. The molecule has 0 aliphatic rings. The highest BCUT2D eigenvalue weighted by Gasteiger charge is 2.18. The third-order valence-electron chi connectivity index (χ3n) is 3.47. The lowest BCUT2D eigenvalue weighted by Gasteiger charge is -2.14. The maximum absolute atomic E-state index is 6.35. The minimum atomic E-state index is 0.347. The first-order valence-corrected chi connectivity index (χ1v) is 9.10. The molecule has 0 unspecified atom stereocenters. The van der Waals surface area contributed by atoms with E-state index in [2.05, 4.69) is 4.98 Å². The monoisotopic (exact) mass is 450 g/mol. The number of hydrogen-bond acceptors (Lipinski definition) is 2. The Kier molecular flexibility index (Phi) is 5.60. The van der Waals surface area contributed by atoms with Gasteiger partial charge in [0.1, 0.15) is 0 Å². The molecule has 0 fully saturated rings. The van der Waals surface area contributed by atoms with Crippen LogP contribution in [0.1, 0.15) is 0 Å². The van der Waals surface area contributed by atoms with E-state index in [9.17, 15) is 0 Å². The summed E-state index contributed by atoms with van der Waals surface area (Å²) in [6.07, 6.45) is 1.52. The van der Waals surface area contributed by atoms with Crippen molar-refractivity contribution < 1.29 is 0 Å². The second-order valence-electron chi connectivity index (χ2n) is 5.16. The van der Waals surface area contributed by atoms with Gasteiger partial charge in [-0.05, 0) is 30.3 Å². The average molecular weight is 453 g/mol. The van der Waals surface area contributed by atoms with Gasteiger partial charge in [-0.2, -0.15) is 0 Å². The summed E-state index contributed by atoms with van der Waals surface area (Å²) in [7, 11) is 0. The molecule has 0 aliphatic heterocycles. The van der Waals surface area contributed by atoms with Crippen LogP contribution in [0.15, 0.2) is 36.5 Å². The first-order chi connectivity index (χ1) is 11.8. The van der Waals surface area contributed by atoms with E-state index in [1.54, 1.807) is 30.3 Å². The van der Waals surface area contributed by atoms with Crippen molar-refractivity contribution in [2.75, 3.05) is 5.73 Å². The third-order valence-corrected chi connectivity index (χ3v) is 5.54. The predicted octanol–water partition coefficient (Wildman–Crippen LogP) is 7.92. The van der Waals surface area contributed by atoms with E-state index in [1.807, 2.05) is 0 Å². The van der Waals surface area contributed by atoms with Crippen LogP contribution in [0.4, 0.5) is 5.69 Å². The van der Waals surface area contributed by atoms with Crippen molar-refractivity contribution in [1.29, 1.82) is 0 Å². The normalized spacial score (nSPS) is 11.0. The van der Waals surface area contributed by atoms with Crippen LogP contribution in [0.5, 0.6) is 0 Å². The highest BCUT2D eigenvalue weighted by Crippen LogP contribution is 2.42. The zero-order valence-corrected chi connectivity index (χ0v) is 16.8. The van der Waals surface area contributed by atoms with Crippen molar-refractivity contribution in [3.8, 4) is 22.4 Å². The van der Waals surface area contributed by atoms with Crippen molar-refractivity contribution in [2.24, 2.45) is 0 Å². The van der Waals surface area contributed by atoms with Crippen molar-refractivity contribution in [2.45, 2.75) is 0 Å². The molecule has 2 N–H and O–H groups in total. The number of nitrogens with zero attached hydrogens (tertiary/aromatic N) is 1. The maximum atomic E-state index is 6.35. The van der Waals surface area contributed by atoms with E-state index in [1.165, 1.54) is 6.20 Å². The SMILES string of the molecule is Nc1cnc(-c2cc(Cl)c(Cl)cc2Cl)c(-c2cc(Cl)c(Cl)cc2Cl)c1. The summed E-state index contributed by atoms with van der Waals surface area (Å²) < 4.78 is 0. The Morgan fingerprint density at radius 2 is 1.04 bits per heavy atom. The molecule has 1 heterocycles.